The van der Waals surface area contributed by atoms with E-state index in [1.165, 1.54) is 0 Å². The quantitative estimate of drug-likeness (QED) is 0.824. The Morgan fingerprint density at radius 3 is 2.60 bits per heavy atom. The van der Waals surface area contributed by atoms with Gasteiger partial charge in [-0.25, -0.2) is 18.1 Å². The van der Waals surface area contributed by atoms with Gasteiger partial charge in [-0.1, -0.05) is 6.92 Å². The second-order valence-electron chi connectivity index (χ2n) is 4.20. The van der Waals surface area contributed by atoms with E-state index < -0.39 is 10.0 Å². The third kappa shape index (κ3) is 4.03. The highest BCUT2D eigenvalue weighted by Crippen LogP contribution is 2.15. The molecular formula is C13H17N3O2S2. The lowest BCUT2D eigenvalue weighted by Crippen LogP contribution is -2.24. The fourth-order valence-electron chi connectivity index (χ4n) is 1.59. The summed E-state index contributed by atoms with van der Waals surface area (Å²) in [6, 6.07) is 6.71. The summed E-state index contributed by atoms with van der Waals surface area (Å²) in [5.41, 5.74) is 0.870. The van der Waals surface area contributed by atoms with Crippen molar-refractivity contribution >= 4 is 27.0 Å². The number of sulfonamides is 1. The molecule has 2 aromatic rings. The molecular weight excluding hydrogens is 294 g/mol. The number of nitrogens with zero attached hydrogens (tertiary/aromatic N) is 1. The largest absolute Gasteiger partial charge is 0.379 e. The number of anilines is 1. The lowest BCUT2D eigenvalue weighted by Gasteiger charge is -2.08. The van der Waals surface area contributed by atoms with Crippen LogP contribution < -0.4 is 10.0 Å². The van der Waals surface area contributed by atoms with Crippen LogP contribution in [0.4, 0.5) is 5.69 Å². The van der Waals surface area contributed by atoms with Crippen molar-refractivity contribution in [2.45, 2.75) is 24.8 Å². The molecule has 2 N–H and O–H groups in total. The average molecular weight is 311 g/mol. The van der Waals surface area contributed by atoms with Gasteiger partial charge in [0.25, 0.3) is 0 Å². The summed E-state index contributed by atoms with van der Waals surface area (Å²) < 4.78 is 26.4. The molecule has 0 aliphatic rings. The number of hydrogen-bond donors (Lipinski definition) is 2. The van der Waals surface area contributed by atoms with Crippen molar-refractivity contribution in [2.75, 3.05) is 11.9 Å². The van der Waals surface area contributed by atoms with Crippen LogP contribution in [0.5, 0.6) is 0 Å². The molecule has 0 unspecified atom stereocenters. The van der Waals surface area contributed by atoms with Gasteiger partial charge in [-0.2, -0.15) is 0 Å². The molecule has 20 heavy (non-hydrogen) atoms. The van der Waals surface area contributed by atoms with Gasteiger partial charge in [-0.3, -0.25) is 0 Å². The maximum atomic E-state index is 11.9. The number of aromatic nitrogens is 1. The van der Waals surface area contributed by atoms with Gasteiger partial charge in [0.2, 0.25) is 10.0 Å². The smallest absolute Gasteiger partial charge is 0.240 e. The summed E-state index contributed by atoms with van der Waals surface area (Å²) in [7, 11) is -3.39. The van der Waals surface area contributed by atoms with Gasteiger partial charge in [0, 0.05) is 23.8 Å². The van der Waals surface area contributed by atoms with E-state index in [1.54, 1.807) is 41.8 Å². The predicted molar refractivity (Wildman–Crippen MR) is 81.4 cm³/mol. The Bertz CT molecular complexity index is 622. The van der Waals surface area contributed by atoms with Crippen LogP contribution in [0.25, 0.3) is 0 Å². The predicted octanol–water partition coefficient (Wildman–Crippen LogP) is 2.44. The molecule has 0 saturated carbocycles. The Kier molecular flexibility index (Phi) is 5.11. The fourth-order valence-corrected chi connectivity index (χ4v) is 3.28. The normalized spacial score (nSPS) is 11.4. The molecule has 2 rings (SSSR count). The molecule has 7 heteroatoms. The number of hydrogen-bond acceptors (Lipinski definition) is 5. The van der Waals surface area contributed by atoms with Crippen molar-refractivity contribution in [3.05, 3.63) is 40.8 Å². The number of nitrogens with one attached hydrogen (secondary N) is 2. The fraction of sp³-hybridized carbons (Fsp3) is 0.308. The molecule has 1 aromatic carbocycles. The van der Waals surface area contributed by atoms with Gasteiger partial charge >= 0.3 is 0 Å². The first-order valence-corrected chi connectivity index (χ1v) is 8.70. The first kappa shape index (κ1) is 15.0. The van der Waals surface area contributed by atoms with E-state index in [9.17, 15) is 8.42 Å². The van der Waals surface area contributed by atoms with Gasteiger partial charge in [0.1, 0.15) is 5.01 Å². The van der Waals surface area contributed by atoms with Gasteiger partial charge in [-0.05, 0) is 30.7 Å². The first-order chi connectivity index (χ1) is 9.62. The number of thiazole rings is 1. The Morgan fingerprint density at radius 2 is 2.00 bits per heavy atom. The molecule has 0 aliphatic carbocycles. The highest BCUT2D eigenvalue weighted by Gasteiger charge is 2.12. The lowest BCUT2D eigenvalue weighted by atomic mass is 10.3. The van der Waals surface area contributed by atoms with E-state index in [-0.39, 0.29) is 4.90 Å². The SMILES string of the molecule is CCCNS(=O)(=O)c1ccc(NCc2nccs2)cc1. The maximum absolute atomic E-state index is 11.9. The molecule has 0 fully saturated rings. The third-order valence-corrected chi connectivity index (χ3v) is 4.89. The zero-order chi connectivity index (χ0) is 14.4. The Hall–Kier alpha value is -1.44. The molecule has 0 aliphatic heterocycles. The minimum absolute atomic E-state index is 0.283. The zero-order valence-corrected chi connectivity index (χ0v) is 12.8. The van der Waals surface area contributed by atoms with Gasteiger partial charge < -0.3 is 5.32 Å². The summed E-state index contributed by atoms with van der Waals surface area (Å²) >= 11 is 1.58. The van der Waals surface area contributed by atoms with Crippen LogP contribution in [0.3, 0.4) is 0 Å². The highest BCUT2D eigenvalue weighted by atomic mass is 32.2. The van der Waals surface area contributed by atoms with Gasteiger partial charge in [-0.15, -0.1) is 11.3 Å². The number of benzene rings is 1. The molecule has 0 atom stereocenters. The molecule has 108 valence electrons. The van der Waals surface area contributed by atoms with Crippen LogP contribution in [0.15, 0.2) is 40.7 Å². The summed E-state index contributed by atoms with van der Waals surface area (Å²) in [4.78, 5) is 4.46. The van der Waals surface area contributed by atoms with Crippen LogP contribution in [-0.2, 0) is 16.6 Å². The van der Waals surface area contributed by atoms with E-state index in [0.717, 1.165) is 17.1 Å². The van der Waals surface area contributed by atoms with E-state index in [0.29, 0.717) is 13.1 Å². The standard InChI is InChI=1S/C13H17N3O2S2/c1-2-7-16-20(17,18)12-5-3-11(4-6-12)15-10-13-14-8-9-19-13/h3-6,8-9,15-16H,2,7,10H2,1H3. The summed E-state index contributed by atoms with van der Waals surface area (Å²) in [6.45, 7) is 3.01. The Morgan fingerprint density at radius 1 is 1.25 bits per heavy atom. The Labute approximate surface area is 123 Å². The minimum Gasteiger partial charge on any atom is -0.379 e. The van der Waals surface area contributed by atoms with Crippen LogP contribution in [0.2, 0.25) is 0 Å². The van der Waals surface area contributed by atoms with E-state index in [2.05, 4.69) is 15.0 Å². The molecule has 0 radical (unpaired) electrons. The molecule has 5 nitrogen and oxygen atoms in total. The van der Waals surface area contributed by atoms with Gasteiger partial charge in [0.15, 0.2) is 0 Å². The summed E-state index contributed by atoms with van der Waals surface area (Å²) in [5, 5.41) is 6.12. The van der Waals surface area contributed by atoms with Crippen molar-refractivity contribution in [1.29, 1.82) is 0 Å². The minimum atomic E-state index is -3.39. The average Bonchev–Trinajstić information content (AvgIpc) is 2.97. The molecule has 0 bridgehead atoms. The van der Waals surface area contributed by atoms with Crippen LogP contribution in [-0.4, -0.2) is 19.9 Å². The van der Waals surface area contributed by atoms with E-state index >= 15 is 0 Å². The van der Waals surface area contributed by atoms with Gasteiger partial charge in [0.05, 0.1) is 11.4 Å². The van der Waals surface area contributed by atoms with Crippen LogP contribution in [0, 0.1) is 0 Å². The van der Waals surface area contributed by atoms with E-state index in [4.69, 9.17) is 0 Å². The van der Waals surface area contributed by atoms with Crippen molar-refractivity contribution < 1.29 is 8.42 Å². The van der Waals surface area contributed by atoms with Crippen molar-refractivity contribution in [1.82, 2.24) is 9.71 Å². The zero-order valence-electron chi connectivity index (χ0n) is 11.2. The first-order valence-electron chi connectivity index (χ1n) is 6.34. The third-order valence-electron chi connectivity index (χ3n) is 2.63. The van der Waals surface area contributed by atoms with Crippen molar-refractivity contribution in [3.8, 4) is 0 Å². The van der Waals surface area contributed by atoms with Crippen molar-refractivity contribution in [3.63, 3.8) is 0 Å². The van der Waals surface area contributed by atoms with Crippen molar-refractivity contribution in [2.24, 2.45) is 0 Å². The highest BCUT2D eigenvalue weighted by molar-refractivity contribution is 7.89. The summed E-state index contributed by atoms with van der Waals surface area (Å²) in [5.74, 6) is 0. The topological polar surface area (TPSA) is 71.1 Å². The summed E-state index contributed by atoms with van der Waals surface area (Å²) in [6.07, 6.45) is 2.53. The molecule has 0 amide bonds. The lowest BCUT2D eigenvalue weighted by molar-refractivity contribution is 0.581. The maximum Gasteiger partial charge on any atom is 0.240 e. The monoisotopic (exact) mass is 311 g/mol. The molecule has 0 saturated heterocycles. The second kappa shape index (κ2) is 6.83. The second-order valence-corrected chi connectivity index (χ2v) is 6.95. The van der Waals surface area contributed by atoms with Crippen LogP contribution >= 0.6 is 11.3 Å². The van der Waals surface area contributed by atoms with Crippen LogP contribution in [0.1, 0.15) is 18.4 Å². The number of rotatable bonds is 7. The molecule has 1 heterocycles. The molecule has 0 spiro atoms. The molecule has 1 aromatic heterocycles. The van der Waals surface area contributed by atoms with E-state index in [1.807, 2.05) is 12.3 Å². The Balaban J connectivity index is 1.99.